The van der Waals surface area contributed by atoms with E-state index in [9.17, 15) is 5.11 Å². The monoisotopic (exact) mass is 255 g/mol. The molecule has 0 amide bonds. The van der Waals surface area contributed by atoms with Crippen molar-refractivity contribution >= 4 is 22.5 Å². The number of nitrogens with zero attached hydrogens (tertiary/aromatic N) is 1. The Bertz CT molecular complexity index is 710. The first-order valence-electron chi connectivity index (χ1n) is 5.59. The Kier molecular flexibility index (Phi) is 2.65. The van der Waals surface area contributed by atoms with Crippen molar-refractivity contribution in [2.45, 2.75) is 0 Å². The van der Waals surface area contributed by atoms with E-state index in [0.717, 1.165) is 10.9 Å². The zero-order chi connectivity index (χ0) is 12.5. The van der Waals surface area contributed by atoms with Crippen LogP contribution in [-0.2, 0) is 0 Å². The lowest BCUT2D eigenvalue weighted by Crippen LogP contribution is -1.85. The van der Waals surface area contributed by atoms with Gasteiger partial charge in [-0.25, -0.2) is 0 Å². The Hall–Kier alpha value is -2.06. The Morgan fingerprint density at radius 3 is 2.56 bits per heavy atom. The van der Waals surface area contributed by atoms with E-state index in [2.05, 4.69) is 4.98 Å². The molecule has 0 radical (unpaired) electrons. The fourth-order valence-corrected chi connectivity index (χ4v) is 2.29. The van der Waals surface area contributed by atoms with E-state index < -0.39 is 0 Å². The maximum atomic E-state index is 10.3. The van der Waals surface area contributed by atoms with Crippen LogP contribution in [0.2, 0.25) is 5.02 Å². The topological polar surface area (TPSA) is 33.1 Å². The molecule has 1 aromatic heterocycles. The van der Waals surface area contributed by atoms with E-state index in [1.54, 1.807) is 18.3 Å². The minimum atomic E-state index is 0.168. The lowest BCUT2D eigenvalue weighted by molar-refractivity contribution is 0.482. The van der Waals surface area contributed by atoms with E-state index >= 15 is 0 Å². The highest BCUT2D eigenvalue weighted by molar-refractivity contribution is 6.36. The molecule has 2 nitrogen and oxygen atoms in total. The van der Waals surface area contributed by atoms with Crippen LogP contribution in [0.15, 0.2) is 54.7 Å². The lowest BCUT2D eigenvalue weighted by atomic mass is 10.0. The zero-order valence-electron chi connectivity index (χ0n) is 9.47. The molecule has 0 atom stereocenters. The molecule has 0 bridgehead atoms. The number of rotatable bonds is 1. The molecule has 0 spiro atoms. The van der Waals surface area contributed by atoms with Gasteiger partial charge in [-0.15, -0.1) is 0 Å². The fraction of sp³-hybridized carbons (Fsp3) is 0. The summed E-state index contributed by atoms with van der Waals surface area (Å²) in [6.07, 6.45) is 1.65. The molecule has 3 aromatic rings. The Morgan fingerprint density at radius 1 is 1.00 bits per heavy atom. The van der Waals surface area contributed by atoms with Crippen LogP contribution >= 0.6 is 11.6 Å². The molecular weight excluding hydrogens is 246 g/mol. The van der Waals surface area contributed by atoms with Gasteiger partial charge in [-0.3, -0.25) is 4.98 Å². The molecule has 88 valence electrons. The van der Waals surface area contributed by atoms with Crippen molar-refractivity contribution in [3.8, 4) is 16.9 Å². The second-order valence-electron chi connectivity index (χ2n) is 4.02. The Labute approximate surface area is 109 Å². The lowest BCUT2D eigenvalue weighted by Gasteiger charge is -2.09. The molecule has 2 aromatic carbocycles. The summed E-state index contributed by atoms with van der Waals surface area (Å²) in [5.74, 6) is 0.168. The van der Waals surface area contributed by atoms with Gasteiger partial charge in [0.1, 0.15) is 11.3 Å². The Morgan fingerprint density at radius 2 is 1.78 bits per heavy atom. The van der Waals surface area contributed by atoms with Gasteiger partial charge in [0.05, 0.1) is 5.02 Å². The predicted octanol–water partition coefficient (Wildman–Crippen LogP) is 4.26. The highest BCUT2D eigenvalue weighted by Crippen LogP contribution is 2.38. The van der Waals surface area contributed by atoms with Crippen molar-refractivity contribution < 1.29 is 5.11 Å². The predicted molar refractivity (Wildman–Crippen MR) is 73.9 cm³/mol. The van der Waals surface area contributed by atoms with Gasteiger partial charge in [0.2, 0.25) is 0 Å². The number of hydrogen-bond donors (Lipinski definition) is 1. The van der Waals surface area contributed by atoms with Crippen LogP contribution in [0, 0.1) is 0 Å². The van der Waals surface area contributed by atoms with Crippen LogP contribution in [0.1, 0.15) is 0 Å². The average Bonchev–Trinajstić information content (AvgIpc) is 2.44. The number of fused-ring (bicyclic) bond motifs is 1. The van der Waals surface area contributed by atoms with Gasteiger partial charge >= 0.3 is 0 Å². The smallest absolute Gasteiger partial charge is 0.149 e. The highest BCUT2D eigenvalue weighted by atomic mass is 35.5. The molecule has 0 fully saturated rings. The number of phenolic OH excluding ortho intramolecular Hbond substituents is 1. The van der Waals surface area contributed by atoms with Crippen LogP contribution in [0.5, 0.6) is 5.75 Å². The number of phenols is 1. The second kappa shape index (κ2) is 4.31. The standard InChI is InChI=1S/C15H10ClNO/c16-13-9-12(10-5-2-1-3-6-10)15(18)14-11(13)7-4-8-17-14/h1-9,18H. The summed E-state index contributed by atoms with van der Waals surface area (Å²) in [5.41, 5.74) is 2.15. The van der Waals surface area contributed by atoms with Gasteiger partial charge in [-0.05, 0) is 23.8 Å². The summed E-state index contributed by atoms with van der Waals surface area (Å²) in [4.78, 5) is 4.19. The normalized spacial score (nSPS) is 10.7. The minimum Gasteiger partial charge on any atom is -0.505 e. The Balaban J connectivity index is 2.35. The summed E-state index contributed by atoms with van der Waals surface area (Å²) >= 11 is 6.23. The summed E-state index contributed by atoms with van der Waals surface area (Å²) in [5, 5.41) is 11.7. The van der Waals surface area contributed by atoms with E-state index in [-0.39, 0.29) is 5.75 Å². The summed E-state index contributed by atoms with van der Waals surface area (Å²) in [7, 11) is 0. The molecule has 1 N–H and O–H groups in total. The quantitative estimate of drug-likeness (QED) is 0.705. The fourth-order valence-electron chi connectivity index (χ4n) is 2.02. The van der Waals surface area contributed by atoms with Gasteiger partial charge < -0.3 is 5.11 Å². The number of halogens is 1. The molecule has 1 heterocycles. The maximum absolute atomic E-state index is 10.3. The third kappa shape index (κ3) is 1.71. The van der Waals surface area contributed by atoms with E-state index in [4.69, 9.17) is 11.6 Å². The molecule has 3 heteroatoms. The summed E-state index contributed by atoms with van der Waals surface area (Å²) in [6, 6.07) is 15.1. The van der Waals surface area contributed by atoms with Gasteiger partial charge in [-0.1, -0.05) is 41.9 Å². The van der Waals surface area contributed by atoms with Crippen molar-refractivity contribution in [2.75, 3.05) is 0 Å². The van der Waals surface area contributed by atoms with Gasteiger partial charge in [0, 0.05) is 17.1 Å². The molecule has 3 rings (SSSR count). The molecule has 0 aliphatic rings. The first-order chi connectivity index (χ1) is 8.77. The van der Waals surface area contributed by atoms with Gasteiger partial charge in [0.25, 0.3) is 0 Å². The molecule has 0 aliphatic heterocycles. The largest absolute Gasteiger partial charge is 0.505 e. The van der Waals surface area contributed by atoms with Crippen molar-refractivity contribution in [2.24, 2.45) is 0 Å². The first-order valence-corrected chi connectivity index (χ1v) is 5.97. The molecule has 0 aliphatic carbocycles. The number of hydrogen-bond acceptors (Lipinski definition) is 2. The van der Waals surface area contributed by atoms with Crippen LogP contribution in [-0.4, -0.2) is 10.1 Å². The molecule has 0 saturated carbocycles. The SMILES string of the molecule is Oc1c(-c2ccccc2)cc(Cl)c2cccnc12. The summed E-state index contributed by atoms with van der Waals surface area (Å²) in [6.45, 7) is 0. The van der Waals surface area contributed by atoms with Crippen molar-refractivity contribution in [1.82, 2.24) is 4.98 Å². The zero-order valence-corrected chi connectivity index (χ0v) is 10.2. The number of aromatic hydroxyl groups is 1. The molecule has 0 saturated heterocycles. The number of pyridine rings is 1. The van der Waals surface area contributed by atoms with E-state index in [1.807, 2.05) is 36.4 Å². The van der Waals surface area contributed by atoms with Crippen LogP contribution in [0.25, 0.3) is 22.0 Å². The van der Waals surface area contributed by atoms with Crippen LogP contribution in [0.4, 0.5) is 0 Å². The minimum absolute atomic E-state index is 0.168. The third-order valence-corrected chi connectivity index (χ3v) is 3.21. The third-order valence-electron chi connectivity index (χ3n) is 2.90. The highest BCUT2D eigenvalue weighted by Gasteiger charge is 2.12. The van der Waals surface area contributed by atoms with Crippen molar-refractivity contribution in [3.63, 3.8) is 0 Å². The molecule has 0 unspecified atom stereocenters. The van der Waals surface area contributed by atoms with E-state index in [0.29, 0.717) is 16.1 Å². The van der Waals surface area contributed by atoms with Crippen LogP contribution in [0.3, 0.4) is 0 Å². The second-order valence-corrected chi connectivity index (χ2v) is 4.43. The number of aromatic nitrogens is 1. The van der Waals surface area contributed by atoms with Crippen LogP contribution < -0.4 is 0 Å². The first kappa shape index (κ1) is 11.1. The average molecular weight is 256 g/mol. The molecule has 18 heavy (non-hydrogen) atoms. The maximum Gasteiger partial charge on any atom is 0.149 e. The van der Waals surface area contributed by atoms with Gasteiger partial charge in [-0.2, -0.15) is 0 Å². The van der Waals surface area contributed by atoms with E-state index in [1.165, 1.54) is 0 Å². The van der Waals surface area contributed by atoms with Gasteiger partial charge in [0.15, 0.2) is 0 Å². The summed E-state index contributed by atoms with van der Waals surface area (Å²) < 4.78 is 0. The number of benzene rings is 2. The van der Waals surface area contributed by atoms with Crippen molar-refractivity contribution in [1.29, 1.82) is 0 Å². The molecular formula is C15H10ClNO. The van der Waals surface area contributed by atoms with Crippen molar-refractivity contribution in [3.05, 3.63) is 59.8 Å².